The van der Waals surface area contributed by atoms with E-state index in [0.29, 0.717) is 30.0 Å². The molecule has 0 radical (unpaired) electrons. The van der Waals surface area contributed by atoms with Gasteiger partial charge in [-0.2, -0.15) is 0 Å². The Kier molecular flexibility index (Phi) is 11.2. The van der Waals surface area contributed by atoms with Gasteiger partial charge in [0.1, 0.15) is 11.5 Å². The number of unbranched alkanes of at least 4 members (excludes halogenated alkanes) is 2. The maximum atomic E-state index is 13.8. The molecule has 0 spiro atoms. The van der Waals surface area contributed by atoms with E-state index in [2.05, 4.69) is 39.6 Å². The second-order valence-corrected chi connectivity index (χ2v) is 9.93. The molecule has 6 heteroatoms. The molecule has 0 aromatic heterocycles. The van der Waals surface area contributed by atoms with Crippen LogP contribution in [0.25, 0.3) is 0 Å². The summed E-state index contributed by atoms with van der Waals surface area (Å²) in [6.07, 6.45) is 5.89. The second kappa shape index (κ2) is 14.6. The number of nitrogens with one attached hydrogen (secondary N) is 1. The first-order chi connectivity index (χ1) is 18.0. The summed E-state index contributed by atoms with van der Waals surface area (Å²) in [7, 11) is 3.68. The van der Waals surface area contributed by atoms with Gasteiger partial charge in [0.25, 0.3) is 0 Å². The van der Waals surface area contributed by atoms with Gasteiger partial charge in [0.05, 0.1) is 12.7 Å². The number of nitrogens with zero attached hydrogens (tertiary/aromatic N) is 1. The predicted octanol–water partition coefficient (Wildman–Crippen LogP) is 7.70. The van der Waals surface area contributed by atoms with Crippen LogP contribution in [0.3, 0.4) is 0 Å². The summed E-state index contributed by atoms with van der Waals surface area (Å²) in [5.41, 5.74) is 2.96. The predicted molar refractivity (Wildman–Crippen MR) is 156 cm³/mol. The van der Waals surface area contributed by atoms with Crippen LogP contribution in [0.1, 0.15) is 54.1 Å². The van der Waals surface area contributed by atoms with Gasteiger partial charge in [-0.3, -0.25) is 9.69 Å². The van der Waals surface area contributed by atoms with Crippen molar-refractivity contribution in [3.63, 3.8) is 0 Å². The molecule has 37 heavy (non-hydrogen) atoms. The number of halogens is 1. The zero-order valence-electron chi connectivity index (χ0n) is 22.0. The number of anilines is 1. The topological polar surface area (TPSA) is 50.8 Å². The normalized spacial score (nSPS) is 11.7. The zero-order valence-corrected chi connectivity index (χ0v) is 23.6. The Morgan fingerprint density at radius 2 is 1.81 bits per heavy atom. The molecule has 0 aliphatic carbocycles. The lowest BCUT2D eigenvalue weighted by atomic mass is 10.00. The fraction of sp³-hybridized carbons (Fsp3) is 0.323. The van der Waals surface area contributed by atoms with Crippen LogP contribution < -0.4 is 14.8 Å². The molecule has 196 valence electrons. The van der Waals surface area contributed by atoms with E-state index in [1.54, 1.807) is 7.11 Å². The van der Waals surface area contributed by atoms with E-state index in [0.717, 1.165) is 47.2 Å². The molecule has 0 amide bonds. The van der Waals surface area contributed by atoms with Gasteiger partial charge < -0.3 is 14.8 Å². The first-order valence-corrected chi connectivity index (χ1v) is 13.5. The highest BCUT2D eigenvalue weighted by Gasteiger charge is 2.23. The highest BCUT2D eigenvalue weighted by molar-refractivity contribution is 9.10. The summed E-state index contributed by atoms with van der Waals surface area (Å²) < 4.78 is 12.8. The molecule has 0 aliphatic rings. The van der Waals surface area contributed by atoms with Crippen LogP contribution in [0.5, 0.6) is 11.5 Å². The molecular weight excluding hydrogens is 528 g/mol. The van der Waals surface area contributed by atoms with Crippen LogP contribution in [0.4, 0.5) is 5.69 Å². The average molecular weight is 566 g/mol. The highest BCUT2D eigenvalue weighted by Crippen LogP contribution is 2.32. The van der Waals surface area contributed by atoms with Crippen LogP contribution >= 0.6 is 15.9 Å². The zero-order chi connectivity index (χ0) is 26.6. The fourth-order valence-corrected chi connectivity index (χ4v) is 4.37. The minimum Gasteiger partial charge on any atom is -0.497 e. The molecule has 0 heterocycles. The first-order valence-electron chi connectivity index (χ1n) is 12.7. The van der Waals surface area contributed by atoms with Crippen molar-refractivity contribution in [2.75, 3.05) is 26.0 Å². The van der Waals surface area contributed by atoms with E-state index >= 15 is 0 Å². The van der Waals surface area contributed by atoms with Gasteiger partial charge in [0.15, 0.2) is 12.0 Å². The van der Waals surface area contributed by atoms with Crippen molar-refractivity contribution in [2.24, 2.45) is 0 Å². The van der Waals surface area contributed by atoms with Gasteiger partial charge in [-0.1, -0.05) is 60.0 Å². The third kappa shape index (κ3) is 8.20. The van der Waals surface area contributed by atoms with Crippen molar-refractivity contribution >= 4 is 27.4 Å². The standard InChI is InChI=1S/C31H37BrN2O3/c1-5-7-8-12-29(34(3)21-6-2)37-28-11-9-10-27(33-22-23-13-19-26(36-4)20-14-23)30(28)31(35)24-15-17-25(32)18-16-24/h6,9-11,13-20,29,33H,2,5,7-8,12,21-22H2,1,3-4H3. The molecular formula is C31H37BrN2O3. The van der Waals surface area contributed by atoms with Gasteiger partial charge in [-0.05, 0) is 74.0 Å². The maximum Gasteiger partial charge on any atom is 0.198 e. The van der Waals surface area contributed by atoms with Gasteiger partial charge in [-0.15, -0.1) is 6.58 Å². The Hall–Kier alpha value is -3.09. The average Bonchev–Trinajstić information content (AvgIpc) is 2.92. The molecule has 3 aromatic carbocycles. The Balaban J connectivity index is 1.96. The fourth-order valence-electron chi connectivity index (χ4n) is 4.10. The Bertz CT molecular complexity index is 1150. The van der Waals surface area contributed by atoms with Gasteiger partial charge in [0.2, 0.25) is 0 Å². The van der Waals surface area contributed by atoms with Crippen LogP contribution in [-0.4, -0.2) is 37.6 Å². The largest absolute Gasteiger partial charge is 0.497 e. The van der Waals surface area contributed by atoms with Crippen molar-refractivity contribution < 1.29 is 14.3 Å². The second-order valence-electron chi connectivity index (χ2n) is 9.01. The number of hydrogen-bond acceptors (Lipinski definition) is 5. The number of carbonyl (C=O) groups excluding carboxylic acids is 1. The van der Waals surface area contributed by atoms with Crippen molar-refractivity contribution in [2.45, 2.75) is 45.4 Å². The number of ether oxygens (including phenoxy) is 2. The summed E-state index contributed by atoms with van der Waals surface area (Å²) in [6, 6.07) is 21.1. The summed E-state index contributed by atoms with van der Waals surface area (Å²) >= 11 is 3.46. The molecule has 0 saturated heterocycles. The lowest BCUT2D eigenvalue weighted by Gasteiger charge is -2.29. The highest BCUT2D eigenvalue weighted by atomic mass is 79.9. The van der Waals surface area contributed by atoms with E-state index in [4.69, 9.17) is 9.47 Å². The minimum atomic E-state index is -0.169. The summed E-state index contributed by atoms with van der Waals surface area (Å²) in [5, 5.41) is 3.47. The SMILES string of the molecule is C=CCN(C)C(CCCCC)Oc1cccc(NCc2ccc(OC)cc2)c1C(=O)c1ccc(Br)cc1. The lowest BCUT2D eigenvalue weighted by Crippen LogP contribution is -2.37. The minimum absolute atomic E-state index is 0.0842. The molecule has 3 rings (SSSR count). The Morgan fingerprint density at radius 3 is 2.46 bits per heavy atom. The molecule has 5 nitrogen and oxygen atoms in total. The number of rotatable bonds is 15. The van der Waals surface area contributed by atoms with E-state index < -0.39 is 0 Å². The van der Waals surface area contributed by atoms with Crippen LogP contribution in [0.2, 0.25) is 0 Å². The molecule has 0 aliphatic heterocycles. The van der Waals surface area contributed by atoms with E-state index in [1.807, 2.05) is 79.9 Å². The van der Waals surface area contributed by atoms with Crippen molar-refractivity contribution in [3.8, 4) is 11.5 Å². The van der Waals surface area contributed by atoms with Crippen molar-refractivity contribution in [1.29, 1.82) is 0 Å². The Labute approximate surface area is 229 Å². The van der Waals surface area contributed by atoms with Gasteiger partial charge in [-0.25, -0.2) is 0 Å². The quantitative estimate of drug-likeness (QED) is 0.0886. The monoisotopic (exact) mass is 564 g/mol. The molecule has 0 saturated carbocycles. The van der Waals surface area contributed by atoms with Crippen LogP contribution in [0.15, 0.2) is 83.9 Å². The molecule has 0 fully saturated rings. The molecule has 1 atom stereocenters. The summed E-state index contributed by atoms with van der Waals surface area (Å²) in [5.74, 6) is 1.30. The maximum absolute atomic E-state index is 13.8. The third-order valence-electron chi connectivity index (χ3n) is 6.23. The van der Waals surface area contributed by atoms with Crippen LogP contribution in [0, 0.1) is 0 Å². The number of benzene rings is 3. The van der Waals surface area contributed by atoms with Crippen molar-refractivity contribution in [3.05, 3.63) is 101 Å². The van der Waals surface area contributed by atoms with E-state index in [9.17, 15) is 4.79 Å². The van der Waals surface area contributed by atoms with E-state index in [-0.39, 0.29) is 12.0 Å². The molecule has 1 N–H and O–H groups in total. The summed E-state index contributed by atoms with van der Waals surface area (Å²) in [4.78, 5) is 16.0. The Morgan fingerprint density at radius 1 is 1.08 bits per heavy atom. The number of carbonyl (C=O) groups is 1. The van der Waals surface area contributed by atoms with Crippen LogP contribution in [-0.2, 0) is 6.54 Å². The summed E-state index contributed by atoms with van der Waals surface area (Å²) in [6.45, 7) is 7.33. The van der Waals surface area contributed by atoms with Gasteiger partial charge >= 0.3 is 0 Å². The molecule has 1 unspecified atom stereocenters. The number of ketones is 1. The van der Waals surface area contributed by atoms with E-state index in [1.165, 1.54) is 0 Å². The molecule has 0 bridgehead atoms. The smallest absolute Gasteiger partial charge is 0.198 e. The third-order valence-corrected chi connectivity index (χ3v) is 6.76. The molecule has 3 aromatic rings. The first kappa shape index (κ1) is 28.5. The van der Waals surface area contributed by atoms with Gasteiger partial charge in [0, 0.05) is 28.8 Å². The number of likely N-dealkylation sites (N-methyl/N-ethyl adjacent to an activating group) is 1. The lowest BCUT2D eigenvalue weighted by molar-refractivity contribution is 0.0433. The number of hydrogen-bond donors (Lipinski definition) is 1. The van der Waals surface area contributed by atoms with Crippen molar-refractivity contribution in [1.82, 2.24) is 4.90 Å². The number of methoxy groups -OCH3 is 1.